The Labute approximate surface area is 67.4 Å². The topological polar surface area (TPSA) is 48.0 Å². The lowest BCUT2D eigenvalue weighted by molar-refractivity contribution is 0.126. The van der Waals surface area contributed by atoms with Gasteiger partial charge in [-0.15, -0.1) is 0 Å². The van der Waals surface area contributed by atoms with Crippen molar-refractivity contribution in [3.05, 3.63) is 28.7 Å². The monoisotopic (exact) mass is 174 g/mol. The molecular weight excluding hydrogens is 166 g/mol. The predicted molar refractivity (Wildman–Crippen MR) is 41.1 cm³/mol. The SMILES string of the molecule is Nc1cn(CC(F)F)ccc1=O. The molecule has 3 nitrogen and oxygen atoms in total. The predicted octanol–water partition coefficient (Wildman–Crippen LogP) is 0.696. The molecular formula is C7H8F2N2O. The van der Waals surface area contributed by atoms with Gasteiger partial charge in [0.05, 0.1) is 12.2 Å². The van der Waals surface area contributed by atoms with Crippen molar-refractivity contribution in [2.24, 2.45) is 0 Å². The lowest BCUT2D eigenvalue weighted by atomic mass is 10.4. The van der Waals surface area contributed by atoms with Crippen molar-refractivity contribution in [1.29, 1.82) is 0 Å². The largest absolute Gasteiger partial charge is 0.394 e. The second kappa shape index (κ2) is 3.34. The van der Waals surface area contributed by atoms with Crippen LogP contribution in [0.15, 0.2) is 23.3 Å². The first-order valence-corrected chi connectivity index (χ1v) is 3.33. The third kappa shape index (κ3) is 2.05. The zero-order chi connectivity index (χ0) is 9.14. The van der Waals surface area contributed by atoms with E-state index in [2.05, 4.69) is 0 Å². The molecule has 66 valence electrons. The highest BCUT2D eigenvalue weighted by Crippen LogP contribution is 1.99. The van der Waals surface area contributed by atoms with E-state index >= 15 is 0 Å². The van der Waals surface area contributed by atoms with Crippen molar-refractivity contribution in [2.75, 3.05) is 5.73 Å². The summed E-state index contributed by atoms with van der Waals surface area (Å²) in [5, 5.41) is 0. The number of aromatic nitrogens is 1. The molecule has 0 spiro atoms. The molecule has 0 saturated carbocycles. The van der Waals surface area contributed by atoms with E-state index in [1.165, 1.54) is 17.0 Å². The van der Waals surface area contributed by atoms with E-state index in [9.17, 15) is 13.6 Å². The molecule has 0 radical (unpaired) electrons. The van der Waals surface area contributed by atoms with Crippen LogP contribution in [-0.2, 0) is 6.54 Å². The van der Waals surface area contributed by atoms with Crippen LogP contribution in [-0.4, -0.2) is 11.0 Å². The fourth-order valence-electron chi connectivity index (χ4n) is 0.818. The molecule has 0 aliphatic rings. The van der Waals surface area contributed by atoms with Crippen LogP contribution in [0.2, 0.25) is 0 Å². The van der Waals surface area contributed by atoms with E-state index in [0.29, 0.717) is 0 Å². The molecule has 1 rings (SSSR count). The van der Waals surface area contributed by atoms with E-state index in [-0.39, 0.29) is 11.1 Å². The van der Waals surface area contributed by atoms with Crippen molar-refractivity contribution < 1.29 is 8.78 Å². The van der Waals surface area contributed by atoms with E-state index in [0.717, 1.165) is 6.07 Å². The van der Waals surface area contributed by atoms with E-state index in [4.69, 9.17) is 5.73 Å². The molecule has 1 aromatic rings. The Bertz CT molecular complexity index is 321. The van der Waals surface area contributed by atoms with E-state index < -0.39 is 13.0 Å². The third-order valence-electron chi connectivity index (χ3n) is 1.36. The van der Waals surface area contributed by atoms with Crippen molar-refractivity contribution >= 4 is 5.69 Å². The van der Waals surface area contributed by atoms with Gasteiger partial charge in [-0.1, -0.05) is 0 Å². The maximum Gasteiger partial charge on any atom is 0.256 e. The number of nitrogens with zero attached hydrogens (tertiary/aromatic N) is 1. The smallest absolute Gasteiger partial charge is 0.256 e. The van der Waals surface area contributed by atoms with E-state index in [1.54, 1.807) is 0 Å². The minimum atomic E-state index is -2.44. The molecule has 0 amide bonds. The molecule has 1 aromatic heterocycles. The molecule has 0 fully saturated rings. The average molecular weight is 174 g/mol. The van der Waals surface area contributed by atoms with Crippen LogP contribution in [0.25, 0.3) is 0 Å². The summed E-state index contributed by atoms with van der Waals surface area (Å²) in [5.41, 5.74) is 4.86. The van der Waals surface area contributed by atoms with Gasteiger partial charge in [-0.05, 0) is 0 Å². The minimum absolute atomic E-state index is 0.0156. The van der Waals surface area contributed by atoms with Crippen LogP contribution in [0.5, 0.6) is 0 Å². The Kier molecular flexibility index (Phi) is 2.42. The van der Waals surface area contributed by atoms with E-state index in [1.807, 2.05) is 0 Å². The molecule has 1 heterocycles. The molecule has 0 aliphatic heterocycles. The van der Waals surface area contributed by atoms with Crippen LogP contribution in [0, 0.1) is 0 Å². The summed E-state index contributed by atoms with van der Waals surface area (Å²) in [6, 6.07) is 1.16. The summed E-state index contributed by atoms with van der Waals surface area (Å²) < 4.78 is 24.8. The summed E-state index contributed by atoms with van der Waals surface area (Å²) in [6.45, 7) is -0.440. The highest BCUT2D eigenvalue weighted by molar-refractivity contribution is 5.33. The second-order valence-electron chi connectivity index (χ2n) is 2.35. The third-order valence-corrected chi connectivity index (χ3v) is 1.36. The first-order valence-electron chi connectivity index (χ1n) is 3.33. The number of rotatable bonds is 2. The summed E-state index contributed by atoms with van der Waals surface area (Å²) in [4.78, 5) is 10.7. The van der Waals surface area contributed by atoms with Crippen molar-refractivity contribution in [2.45, 2.75) is 13.0 Å². The molecule has 0 aliphatic carbocycles. The van der Waals surface area contributed by atoms with Gasteiger partial charge in [-0.2, -0.15) is 0 Å². The van der Waals surface area contributed by atoms with Gasteiger partial charge in [0.1, 0.15) is 0 Å². The minimum Gasteiger partial charge on any atom is -0.394 e. The normalized spacial score (nSPS) is 10.6. The maximum atomic E-state index is 11.8. The Morgan fingerprint density at radius 3 is 2.75 bits per heavy atom. The fraction of sp³-hybridized carbons (Fsp3) is 0.286. The molecule has 0 bridgehead atoms. The fourth-order valence-corrected chi connectivity index (χ4v) is 0.818. The lowest BCUT2D eigenvalue weighted by Gasteiger charge is -2.04. The highest BCUT2D eigenvalue weighted by atomic mass is 19.3. The zero-order valence-electron chi connectivity index (χ0n) is 6.21. The van der Waals surface area contributed by atoms with Gasteiger partial charge in [-0.25, -0.2) is 8.78 Å². The van der Waals surface area contributed by atoms with Crippen LogP contribution in [0.4, 0.5) is 14.5 Å². The maximum absolute atomic E-state index is 11.8. The van der Waals surface area contributed by atoms with Crippen molar-refractivity contribution in [3.63, 3.8) is 0 Å². The number of halogens is 2. The van der Waals surface area contributed by atoms with Crippen molar-refractivity contribution in [1.82, 2.24) is 4.57 Å². The van der Waals surface area contributed by atoms with Gasteiger partial charge < -0.3 is 10.3 Å². The average Bonchev–Trinajstić information content (AvgIpc) is 1.96. The van der Waals surface area contributed by atoms with Crippen molar-refractivity contribution in [3.8, 4) is 0 Å². The molecule has 0 unspecified atom stereocenters. The Hall–Kier alpha value is -1.39. The van der Waals surface area contributed by atoms with Crippen LogP contribution < -0.4 is 11.2 Å². The van der Waals surface area contributed by atoms with Crippen LogP contribution in [0.1, 0.15) is 0 Å². The zero-order valence-corrected chi connectivity index (χ0v) is 6.21. The quantitative estimate of drug-likeness (QED) is 0.717. The number of nitrogens with two attached hydrogens (primary N) is 1. The molecule has 2 N–H and O–H groups in total. The number of anilines is 1. The van der Waals surface area contributed by atoms with Gasteiger partial charge >= 0.3 is 0 Å². The number of nitrogen functional groups attached to an aromatic ring is 1. The number of pyridine rings is 1. The number of alkyl halides is 2. The molecule has 0 aromatic carbocycles. The Morgan fingerprint density at radius 1 is 1.58 bits per heavy atom. The standard InChI is InChI=1S/C7H8F2N2O/c8-7(9)4-11-2-1-6(12)5(10)3-11/h1-3,7H,4,10H2. The summed E-state index contributed by atoms with van der Waals surface area (Å²) in [5.74, 6) is 0. The van der Waals surface area contributed by atoms with Gasteiger partial charge in [0.25, 0.3) is 6.43 Å². The second-order valence-corrected chi connectivity index (χ2v) is 2.35. The highest BCUT2D eigenvalue weighted by Gasteiger charge is 2.02. The van der Waals surface area contributed by atoms with Crippen LogP contribution >= 0.6 is 0 Å². The number of hydrogen-bond donors (Lipinski definition) is 1. The molecule has 0 saturated heterocycles. The van der Waals surface area contributed by atoms with Gasteiger partial charge in [-0.3, -0.25) is 4.79 Å². The summed E-state index contributed by atoms with van der Waals surface area (Å²) >= 11 is 0. The molecule has 12 heavy (non-hydrogen) atoms. The Balaban J connectivity index is 2.90. The van der Waals surface area contributed by atoms with Gasteiger partial charge in [0, 0.05) is 18.5 Å². The first kappa shape index (κ1) is 8.70. The van der Waals surface area contributed by atoms with Gasteiger partial charge in [0.2, 0.25) is 5.43 Å². The Morgan fingerprint density at radius 2 is 2.25 bits per heavy atom. The number of hydrogen-bond acceptors (Lipinski definition) is 2. The van der Waals surface area contributed by atoms with Crippen LogP contribution in [0.3, 0.4) is 0 Å². The first-order chi connectivity index (χ1) is 5.59. The van der Waals surface area contributed by atoms with Gasteiger partial charge in [0.15, 0.2) is 0 Å². The summed E-state index contributed by atoms with van der Waals surface area (Å²) in [6.07, 6.45) is 0.0474. The molecule has 0 atom stereocenters. The molecule has 5 heteroatoms. The lowest BCUT2D eigenvalue weighted by Crippen LogP contribution is -2.13. The summed E-state index contributed by atoms with van der Waals surface area (Å²) in [7, 11) is 0.